The summed E-state index contributed by atoms with van der Waals surface area (Å²) in [4.78, 5) is 13.0. The summed E-state index contributed by atoms with van der Waals surface area (Å²) in [6.07, 6.45) is 6.78. The van der Waals surface area contributed by atoms with Gasteiger partial charge in [-0.05, 0) is 12.1 Å². The van der Waals surface area contributed by atoms with Crippen molar-refractivity contribution in [2.24, 2.45) is 0 Å². The van der Waals surface area contributed by atoms with Crippen LogP contribution in [0.1, 0.15) is 0 Å². The fraction of sp³-hybridized carbons (Fsp3) is 0. The molecule has 0 bridgehead atoms. The Kier molecular flexibility index (Phi) is 2.23. The van der Waals surface area contributed by atoms with Crippen LogP contribution in [0.4, 0.5) is 0 Å². The summed E-state index contributed by atoms with van der Waals surface area (Å²) in [6.45, 7) is 0. The fourth-order valence-corrected chi connectivity index (χ4v) is 1.08. The second-order valence-electron chi connectivity index (χ2n) is 2.51. The van der Waals surface area contributed by atoms with Crippen LogP contribution in [0.25, 0.3) is 11.4 Å². The molecule has 0 saturated heterocycles. The smallest absolute Gasteiger partial charge is 0.160 e. The molecule has 3 nitrogen and oxygen atoms in total. The van der Waals surface area contributed by atoms with Crippen molar-refractivity contribution in [3.63, 3.8) is 0 Å². The maximum absolute atomic E-state index is 4.12. The van der Waals surface area contributed by atoms with E-state index in [-0.39, 0.29) is 0 Å². The summed E-state index contributed by atoms with van der Waals surface area (Å²) in [7, 11) is 0. The van der Waals surface area contributed by atoms with E-state index >= 15 is 0 Å². The zero-order valence-electron chi connectivity index (χ0n) is 6.75. The lowest BCUT2D eigenvalue weighted by Gasteiger charge is -1.97. The predicted molar refractivity (Wildman–Crippen MR) is 52.5 cm³/mol. The van der Waals surface area contributed by atoms with Gasteiger partial charge in [0.2, 0.25) is 0 Å². The summed E-state index contributed by atoms with van der Waals surface area (Å²) < 4.78 is 0. The third-order valence-corrected chi connectivity index (χ3v) is 1.79. The Morgan fingerprint density at radius 2 is 1.85 bits per heavy atom. The third kappa shape index (κ3) is 1.84. The minimum Gasteiger partial charge on any atom is -0.264 e. The van der Waals surface area contributed by atoms with Gasteiger partial charge in [-0.3, -0.25) is 4.98 Å². The highest BCUT2D eigenvalue weighted by atomic mass is 32.1. The molecule has 4 heteroatoms. The highest BCUT2D eigenvalue weighted by molar-refractivity contribution is 7.80. The lowest BCUT2D eigenvalue weighted by Crippen LogP contribution is -1.87. The molecule has 0 fully saturated rings. The van der Waals surface area contributed by atoms with Gasteiger partial charge < -0.3 is 0 Å². The SMILES string of the molecule is Sc1cnc(-c2cccnc2)nc1. The van der Waals surface area contributed by atoms with Crippen LogP contribution in [0.5, 0.6) is 0 Å². The van der Waals surface area contributed by atoms with Gasteiger partial charge in [-0.2, -0.15) is 0 Å². The van der Waals surface area contributed by atoms with Gasteiger partial charge in [0.15, 0.2) is 5.82 Å². The minimum atomic E-state index is 0.672. The first-order valence-electron chi connectivity index (χ1n) is 3.77. The molecule has 0 atom stereocenters. The molecule has 0 saturated carbocycles. The van der Waals surface area contributed by atoms with E-state index < -0.39 is 0 Å². The van der Waals surface area contributed by atoms with E-state index in [1.54, 1.807) is 24.8 Å². The van der Waals surface area contributed by atoms with Crippen LogP contribution in [0, 0.1) is 0 Å². The molecule has 0 aliphatic carbocycles. The van der Waals surface area contributed by atoms with Gasteiger partial charge in [-0.15, -0.1) is 12.6 Å². The van der Waals surface area contributed by atoms with Gasteiger partial charge in [0.25, 0.3) is 0 Å². The first kappa shape index (κ1) is 8.19. The molecular formula is C9H7N3S. The average Bonchev–Trinajstić information content (AvgIpc) is 2.20. The lowest BCUT2D eigenvalue weighted by molar-refractivity contribution is 1.10. The predicted octanol–water partition coefficient (Wildman–Crippen LogP) is 1.83. The molecule has 0 radical (unpaired) electrons. The van der Waals surface area contributed by atoms with Crippen LogP contribution in [0.15, 0.2) is 41.8 Å². The van der Waals surface area contributed by atoms with Gasteiger partial charge in [-0.25, -0.2) is 9.97 Å². The van der Waals surface area contributed by atoms with Crippen molar-refractivity contribution < 1.29 is 0 Å². The Morgan fingerprint density at radius 3 is 2.46 bits per heavy atom. The van der Waals surface area contributed by atoms with E-state index in [1.165, 1.54) is 0 Å². The monoisotopic (exact) mass is 189 g/mol. The molecule has 13 heavy (non-hydrogen) atoms. The fourth-order valence-electron chi connectivity index (χ4n) is 0.965. The summed E-state index contributed by atoms with van der Waals surface area (Å²) in [5, 5.41) is 0. The second-order valence-corrected chi connectivity index (χ2v) is 3.02. The maximum Gasteiger partial charge on any atom is 0.160 e. The van der Waals surface area contributed by atoms with Gasteiger partial charge in [0.05, 0.1) is 0 Å². The number of nitrogens with zero attached hydrogens (tertiary/aromatic N) is 3. The number of pyridine rings is 1. The Morgan fingerprint density at radius 1 is 1.08 bits per heavy atom. The zero-order valence-corrected chi connectivity index (χ0v) is 7.65. The standard InChI is InChI=1S/C9H7N3S/c13-8-5-11-9(12-6-8)7-2-1-3-10-4-7/h1-6,13H. The Balaban J connectivity index is 2.42. The molecule has 2 aromatic heterocycles. The van der Waals surface area contributed by atoms with E-state index in [2.05, 4.69) is 27.6 Å². The molecule has 0 aromatic carbocycles. The number of aromatic nitrogens is 3. The summed E-state index contributed by atoms with van der Waals surface area (Å²) in [6, 6.07) is 3.77. The summed E-state index contributed by atoms with van der Waals surface area (Å²) in [5.41, 5.74) is 0.913. The topological polar surface area (TPSA) is 38.7 Å². The molecule has 0 unspecified atom stereocenters. The van der Waals surface area contributed by atoms with Crippen LogP contribution in [0.2, 0.25) is 0 Å². The number of thiol groups is 1. The van der Waals surface area contributed by atoms with Crippen LogP contribution >= 0.6 is 12.6 Å². The van der Waals surface area contributed by atoms with Gasteiger partial charge in [0, 0.05) is 35.2 Å². The normalized spacial score (nSPS) is 9.92. The Hall–Kier alpha value is -1.42. The van der Waals surface area contributed by atoms with E-state index in [0.29, 0.717) is 5.82 Å². The molecule has 2 rings (SSSR count). The maximum atomic E-state index is 4.12. The summed E-state index contributed by atoms with van der Waals surface area (Å²) >= 11 is 4.10. The molecule has 0 amide bonds. The van der Waals surface area contributed by atoms with Crippen LogP contribution in [0.3, 0.4) is 0 Å². The van der Waals surface area contributed by atoms with Crippen molar-refractivity contribution >= 4 is 12.6 Å². The highest BCUT2D eigenvalue weighted by Gasteiger charge is 1.98. The summed E-state index contributed by atoms with van der Waals surface area (Å²) in [5.74, 6) is 0.672. The first-order valence-corrected chi connectivity index (χ1v) is 4.22. The number of hydrogen-bond acceptors (Lipinski definition) is 4. The molecular weight excluding hydrogens is 182 g/mol. The minimum absolute atomic E-state index is 0.672. The van der Waals surface area contributed by atoms with E-state index in [4.69, 9.17) is 0 Å². The Labute approximate surface area is 81.3 Å². The zero-order chi connectivity index (χ0) is 9.10. The lowest BCUT2D eigenvalue weighted by atomic mass is 10.3. The third-order valence-electron chi connectivity index (χ3n) is 1.56. The van der Waals surface area contributed by atoms with Crippen molar-refractivity contribution in [2.45, 2.75) is 4.90 Å². The van der Waals surface area contributed by atoms with E-state index in [0.717, 1.165) is 10.5 Å². The van der Waals surface area contributed by atoms with Crippen LogP contribution < -0.4 is 0 Å². The van der Waals surface area contributed by atoms with E-state index in [9.17, 15) is 0 Å². The molecule has 0 N–H and O–H groups in total. The highest BCUT2D eigenvalue weighted by Crippen LogP contribution is 2.12. The van der Waals surface area contributed by atoms with Gasteiger partial charge in [-0.1, -0.05) is 0 Å². The quantitative estimate of drug-likeness (QED) is 0.695. The first-order chi connectivity index (χ1) is 6.36. The molecule has 0 aliphatic rings. The van der Waals surface area contributed by atoms with Crippen molar-refractivity contribution in [1.29, 1.82) is 0 Å². The largest absolute Gasteiger partial charge is 0.264 e. The molecule has 64 valence electrons. The van der Waals surface area contributed by atoms with Crippen molar-refractivity contribution in [1.82, 2.24) is 15.0 Å². The van der Waals surface area contributed by atoms with Crippen LogP contribution in [-0.2, 0) is 0 Å². The molecule has 2 aromatic rings. The number of rotatable bonds is 1. The van der Waals surface area contributed by atoms with Gasteiger partial charge >= 0.3 is 0 Å². The van der Waals surface area contributed by atoms with Gasteiger partial charge in [0.1, 0.15) is 0 Å². The number of hydrogen-bond donors (Lipinski definition) is 1. The van der Waals surface area contributed by atoms with Crippen molar-refractivity contribution in [3.8, 4) is 11.4 Å². The molecule has 0 spiro atoms. The van der Waals surface area contributed by atoms with E-state index in [1.807, 2.05) is 12.1 Å². The van der Waals surface area contributed by atoms with Crippen molar-refractivity contribution in [2.75, 3.05) is 0 Å². The van der Waals surface area contributed by atoms with Crippen LogP contribution in [-0.4, -0.2) is 15.0 Å². The molecule has 0 aliphatic heterocycles. The Bertz CT molecular complexity index is 385. The molecule has 2 heterocycles. The van der Waals surface area contributed by atoms with Crippen molar-refractivity contribution in [3.05, 3.63) is 36.9 Å². The average molecular weight is 189 g/mol. The second kappa shape index (κ2) is 3.53.